The Bertz CT molecular complexity index is 298. The molecule has 1 aromatic heterocycles. The highest BCUT2D eigenvalue weighted by atomic mass is 16.5. The second-order valence-corrected chi connectivity index (χ2v) is 2.81. The molecule has 70 valence electrons. The van der Waals surface area contributed by atoms with E-state index in [1.165, 1.54) is 6.92 Å². The zero-order valence-electron chi connectivity index (χ0n) is 8.13. The lowest BCUT2D eigenvalue weighted by Gasteiger charge is -2.03. The number of aromatic nitrogens is 1. The molecule has 0 aliphatic carbocycles. The number of Topliss-reactive ketones (excluding diaryl/α,β-unsaturated/α-hetero) is 1. The average Bonchev–Trinajstić information content (AvgIpc) is 2.16. The molecule has 0 spiro atoms. The third kappa shape index (κ3) is 2.28. The fraction of sp³-hybridized carbons (Fsp3) is 0.400. The molecule has 0 saturated carbocycles. The Morgan fingerprint density at radius 2 is 2.23 bits per heavy atom. The molecule has 0 fully saturated rings. The standard InChI is InChI=1S/C10H13NO2/c1-4-8-5-9(7(2)12)11-10(6-8)13-3/h5-6H,4H2,1-3H3. The molecular formula is C10H13NO2. The van der Waals surface area contributed by atoms with Crippen LogP contribution in [0, 0.1) is 0 Å². The van der Waals surface area contributed by atoms with Crippen LogP contribution in [-0.4, -0.2) is 17.9 Å². The van der Waals surface area contributed by atoms with Gasteiger partial charge in [0.25, 0.3) is 0 Å². The number of pyridine rings is 1. The van der Waals surface area contributed by atoms with Crippen LogP contribution in [0.5, 0.6) is 5.88 Å². The molecule has 1 aromatic rings. The van der Waals surface area contributed by atoms with Crippen LogP contribution in [0.4, 0.5) is 0 Å². The van der Waals surface area contributed by atoms with Gasteiger partial charge in [0.2, 0.25) is 5.88 Å². The van der Waals surface area contributed by atoms with Crippen LogP contribution >= 0.6 is 0 Å². The molecule has 0 atom stereocenters. The topological polar surface area (TPSA) is 39.2 Å². The van der Waals surface area contributed by atoms with E-state index in [0.29, 0.717) is 11.6 Å². The lowest BCUT2D eigenvalue weighted by molar-refractivity contribution is 0.101. The predicted molar refractivity (Wildman–Crippen MR) is 50.2 cm³/mol. The number of ether oxygens (including phenoxy) is 1. The highest BCUT2D eigenvalue weighted by Crippen LogP contribution is 2.13. The van der Waals surface area contributed by atoms with Crippen molar-refractivity contribution >= 4 is 5.78 Å². The van der Waals surface area contributed by atoms with Crippen LogP contribution in [0.1, 0.15) is 29.9 Å². The van der Waals surface area contributed by atoms with Gasteiger partial charge in [-0.3, -0.25) is 4.79 Å². The van der Waals surface area contributed by atoms with E-state index in [1.54, 1.807) is 13.2 Å². The van der Waals surface area contributed by atoms with Crippen molar-refractivity contribution in [2.75, 3.05) is 7.11 Å². The van der Waals surface area contributed by atoms with Gasteiger partial charge in [0.05, 0.1) is 7.11 Å². The summed E-state index contributed by atoms with van der Waals surface area (Å²) in [5, 5.41) is 0. The highest BCUT2D eigenvalue weighted by molar-refractivity contribution is 5.92. The normalized spacial score (nSPS) is 9.77. The Kier molecular flexibility index (Phi) is 3.01. The summed E-state index contributed by atoms with van der Waals surface area (Å²) in [6, 6.07) is 3.64. The van der Waals surface area contributed by atoms with Crippen LogP contribution < -0.4 is 4.74 Å². The number of carbonyl (C=O) groups is 1. The van der Waals surface area contributed by atoms with E-state index in [2.05, 4.69) is 4.98 Å². The molecule has 0 amide bonds. The lowest BCUT2D eigenvalue weighted by Crippen LogP contribution is -2.00. The number of ketones is 1. The highest BCUT2D eigenvalue weighted by Gasteiger charge is 2.05. The summed E-state index contributed by atoms with van der Waals surface area (Å²) in [6.07, 6.45) is 0.874. The molecule has 3 nitrogen and oxygen atoms in total. The van der Waals surface area contributed by atoms with Gasteiger partial charge < -0.3 is 4.74 Å². The first-order valence-electron chi connectivity index (χ1n) is 4.23. The SMILES string of the molecule is CCc1cc(OC)nc(C(C)=O)c1. The van der Waals surface area contributed by atoms with Crippen molar-refractivity contribution in [2.45, 2.75) is 20.3 Å². The summed E-state index contributed by atoms with van der Waals surface area (Å²) >= 11 is 0. The summed E-state index contributed by atoms with van der Waals surface area (Å²) in [4.78, 5) is 15.1. The number of rotatable bonds is 3. The molecule has 0 aliphatic heterocycles. The van der Waals surface area contributed by atoms with Gasteiger partial charge in [0.1, 0.15) is 5.69 Å². The zero-order chi connectivity index (χ0) is 9.84. The van der Waals surface area contributed by atoms with Crippen LogP contribution in [0.2, 0.25) is 0 Å². The zero-order valence-corrected chi connectivity index (χ0v) is 8.13. The van der Waals surface area contributed by atoms with Gasteiger partial charge in [-0.1, -0.05) is 6.92 Å². The Balaban J connectivity index is 3.14. The minimum absolute atomic E-state index is 0.0337. The maximum atomic E-state index is 11.1. The lowest BCUT2D eigenvalue weighted by atomic mass is 10.1. The number of hydrogen-bond acceptors (Lipinski definition) is 3. The van der Waals surface area contributed by atoms with E-state index in [9.17, 15) is 4.79 Å². The second-order valence-electron chi connectivity index (χ2n) is 2.81. The largest absolute Gasteiger partial charge is 0.481 e. The first kappa shape index (κ1) is 9.71. The van der Waals surface area contributed by atoms with Gasteiger partial charge in [0, 0.05) is 13.0 Å². The maximum absolute atomic E-state index is 11.1. The molecule has 0 radical (unpaired) electrons. The van der Waals surface area contributed by atoms with Crippen molar-refractivity contribution in [1.82, 2.24) is 4.98 Å². The minimum atomic E-state index is -0.0337. The van der Waals surface area contributed by atoms with Gasteiger partial charge in [-0.2, -0.15) is 0 Å². The smallest absolute Gasteiger partial charge is 0.213 e. The summed E-state index contributed by atoms with van der Waals surface area (Å²) < 4.78 is 4.98. The summed E-state index contributed by atoms with van der Waals surface area (Å²) in [5.74, 6) is 0.471. The maximum Gasteiger partial charge on any atom is 0.213 e. The van der Waals surface area contributed by atoms with Gasteiger partial charge in [-0.15, -0.1) is 0 Å². The van der Waals surface area contributed by atoms with Crippen molar-refractivity contribution in [3.05, 3.63) is 23.4 Å². The molecule has 0 N–H and O–H groups in total. The number of aryl methyl sites for hydroxylation is 1. The van der Waals surface area contributed by atoms with Crippen molar-refractivity contribution in [3.63, 3.8) is 0 Å². The Morgan fingerprint density at radius 3 is 2.69 bits per heavy atom. The Morgan fingerprint density at radius 1 is 1.54 bits per heavy atom. The number of carbonyl (C=O) groups excluding carboxylic acids is 1. The van der Waals surface area contributed by atoms with Crippen LogP contribution in [0.15, 0.2) is 12.1 Å². The molecular weight excluding hydrogens is 166 g/mol. The Labute approximate surface area is 77.8 Å². The fourth-order valence-electron chi connectivity index (χ4n) is 1.05. The van der Waals surface area contributed by atoms with Crippen molar-refractivity contribution < 1.29 is 9.53 Å². The van der Waals surface area contributed by atoms with E-state index in [0.717, 1.165) is 12.0 Å². The van der Waals surface area contributed by atoms with E-state index < -0.39 is 0 Å². The molecule has 0 saturated heterocycles. The van der Waals surface area contributed by atoms with Crippen LogP contribution in [-0.2, 0) is 6.42 Å². The molecule has 0 bridgehead atoms. The molecule has 1 heterocycles. The number of nitrogens with zero attached hydrogens (tertiary/aromatic N) is 1. The van der Waals surface area contributed by atoms with Crippen LogP contribution in [0.25, 0.3) is 0 Å². The molecule has 1 rings (SSSR count). The van der Waals surface area contributed by atoms with E-state index >= 15 is 0 Å². The minimum Gasteiger partial charge on any atom is -0.481 e. The first-order chi connectivity index (χ1) is 6.17. The Hall–Kier alpha value is -1.38. The van der Waals surface area contributed by atoms with Crippen molar-refractivity contribution in [2.24, 2.45) is 0 Å². The van der Waals surface area contributed by atoms with Gasteiger partial charge in [-0.25, -0.2) is 4.98 Å². The second kappa shape index (κ2) is 4.03. The van der Waals surface area contributed by atoms with E-state index in [-0.39, 0.29) is 5.78 Å². The molecule has 3 heteroatoms. The van der Waals surface area contributed by atoms with Gasteiger partial charge in [0.15, 0.2) is 5.78 Å². The molecule has 0 unspecified atom stereocenters. The quantitative estimate of drug-likeness (QED) is 0.665. The summed E-state index contributed by atoms with van der Waals surface area (Å²) in [5.41, 5.74) is 1.54. The van der Waals surface area contributed by atoms with Crippen molar-refractivity contribution in [1.29, 1.82) is 0 Å². The first-order valence-corrected chi connectivity index (χ1v) is 4.23. The summed E-state index contributed by atoms with van der Waals surface area (Å²) in [7, 11) is 1.55. The number of methoxy groups -OCH3 is 1. The summed E-state index contributed by atoms with van der Waals surface area (Å²) in [6.45, 7) is 3.53. The molecule has 0 aromatic carbocycles. The van der Waals surface area contributed by atoms with Crippen LogP contribution in [0.3, 0.4) is 0 Å². The fourth-order valence-corrected chi connectivity index (χ4v) is 1.05. The number of hydrogen-bond donors (Lipinski definition) is 0. The van der Waals surface area contributed by atoms with Gasteiger partial charge in [-0.05, 0) is 18.1 Å². The van der Waals surface area contributed by atoms with Crippen molar-refractivity contribution in [3.8, 4) is 5.88 Å². The van der Waals surface area contributed by atoms with E-state index in [1.807, 2.05) is 13.0 Å². The third-order valence-electron chi connectivity index (χ3n) is 1.84. The molecule has 13 heavy (non-hydrogen) atoms. The molecule has 0 aliphatic rings. The third-order valence-corrected chi connectivity index (χ3v) is 1.84. The van der Waals surface area contributed by atoms with E-state index in [4.69, 9.17) is 4.74 Å². The monoisotopic (exact) mass is 179 g/mol. The predicted octanol–water partition coefficient (Wildman–Crippen LogP) is 1.86. The van der Waals surface area contributed by atoms with Gasteiger partial charge >= 0.3 is 0 Å². The average molecular weight is 179 g/mol.